The first kappa shape index (κ1) is 24.7. The second-order valence-electron chi connectivity index (χ2n) is 10.9. The predicted octanol–water partition coefficient (Wildman–Crippen LogP) is 3.77. The Morgan fingerprint density at radius 1 is 1.00 bits per heavy atom. The van der Waals surface area contributed by atoms with E-state index in [1.165, 1.54) is 0 Å². The zero-order chi connectivity index (χ0) is 27.1. The summed E-state index contributed by atoms with van der Waals surface area (Å²) in [6, 6.07) is 8.29. The third-order valence-corrected chi connectivity index (χ3v) is 8.23. The molecule has 40 heavy (non-hydrogen) atoms. The van der Waals surface area contributed by atoms with Crippen LogP contribution in [-0.4, -0.2) is 82.8 Å². The number of benzene rings is 1. The number of carbonyl (C=O) groups is 1. The standard InChI is InChI=1S/C30H33N9O/c1-38-9-11-39(12-10-38)26-18-32-17-25-28(26)37-29(36-25)27-23-14-20(5-6-24(23)33-7-8-34-27)21-13-22(16-31-15-21)35-30(40)19-3-2-4-19/h5-6,13-19,33H,2-4,7-12H2,1H3,(H,35,40)(H,36,37). The van der Waals surface area contributed by atoms with Crippen LogP contribution in [0.25, 0.3) is 22.2 Å². The van der Waals surface area contributed by atoms with E-state index in [0.717, 1.165) is 108 Å². The van der Waals surface area contributed by atoms with Crippen LogP contribution in [0.5, 0.6) is 0 Å². The van der Waals surface area contributed by atoms with Crippen molar-refractivity contribution in [2.24, 2.45) is 10.9 Å². The SMILES string of the molecule is CN1CCN(c2cncc3[nH]c(C4=NCCNc5ccc(-c6cncc(NC(=O)C7CCC7)c6)cc54)nc23)CC1. The molecule has 1 amide bonds. The number of fused-ring (bicyclic) bond motifs is 2. The number of piperazine rings is 1. The van der Waals surface area contributed by atoms with Gasteiger partial charge in [0.25, 0.3) is 0 Å². The zero-order valence-corrected chi connectivity index (χ0v) is 22.7. The number of aliphatic imine (C=N–C) groups is 1. The number of H-pyrrole nitrogens is 1. The maximum absolute atomic E-state index is 12.5. The van der Waals surface area contributed by atoms with Crippen LogP contribution >= 0.6 is 0 Å². The summed E-state index contributed by atoms with van der Waals surface area (Å²) >= 11 is 0. The highest BCUT2D eigenvalue weighted by Crippen LogP contribution is 2.32. The van der Waals surface area contributed by atoms with Crippen molar-refractivity contribution in [1.82, 2.24) is 24.8 Å². The molecule has 0 unspecified atom stereocenters. The normalized spacial score (nSPS) is 17.9. The van der Waals surface area contributed by atoms with Crippen molar-refractivity contribution in [3.05, 3.63) is 60.4 Å². The molecule has 10 heteroatoms. The minimum atomic E-state index is 0.0843. The molecule has 1 saturated heterocycles. The van der Waals surface area contributed by atoms with Gasteiger partial charge >= 0.3 is 0 Å². The molecule has 0 atom stereocenters. The van der Waals surface area contributed by atoms with Crippen LogP contribution in [0.15, 0.2) is 54.0 Å². The van der Waals surface area contributed by atoms with Gasteiger partial charge < -0.3 is 25.4 Å². The van der Waals surface area contributed by atoms with Crippen molar-refractivity contribution in [3.8, 4) is 11.1 Å². The number of aromatic amines is 1. The van der Waals surface area contributed by atoms with Crippen LogP contribution in [0, 0.1) is 5.92 Å². The van der Waals surface area contributed by atoms with Gasteiger partial charge in [0.15, 0.2) is 5.82 Å². The highest BCUT2D eigenvalue weighted by Gasteiger charge is 2.26. The molecule has 3 aromatic heterocycles. The van der Waals surface area contributed by atoms with Crippen molar-refractivity contribution in [2.45, 2.75) is 19.3 Å². The first-order valence-corrected chi connectivity index (χ1v) is 14.1. The number of pyridine rings is 2. The molecule has 5 heterocycles. The second kappa shape index (κ2) is 10.3. The molecule has 7 rings (SSSR count). The van der Waals surface area contributed by atoms with Gasteiger partial charge in [-0.25, -0.2) is 4.98 Å². The molecule has 3 aliphatic rings. The molecule has 204 valence electrons. The molecular formula is C30H33N9O. The molecule has 2 fully saturated rings. The lowest BCUT2D eigenvalue weighted by atomic mass is 9.85. The van der Waals surface area contributed by atoms with E-state index >= 15 is 0 Å². The Balaban J connectivity index is 1.23. The average Bonchev–Trinajstić information content (AvgIpc) is 3.26. The van der Waals surface area contributed by atoms with E-state index in [-0.39, 0.29) is 11.8 Å². The lowest BCUT2D eigenvalue weighted by molar-refractivity contribution is -0.122. The summed E-state index contributed by atoms with van der Waals surface area (Å²) in [5.74, 6) is 0.943. The maximum Gasteiger partial charge on any atom is 0.227 e. The fourth-order valence-electron chi connectivity index (χ4n) is 5.61. The number of imidazole rings is 1. The summed E-state index contributed by atoms with van der Waals surface area (Å²) in [4.78, 5) is 39.7. The molecule has 1 saturated carbocycles. The van der Waals surface area contributed by atoms with E-state index in [2.05, 4.69) is 60.6 Å². The molecule has 0 spiro atoms. The van der Waals surface area contributed by atoms with Gasteiger partial charge in [-0.1, -0.05) is 12.5 Å². The highest BCUT2D eigenvalue weighted by molar-refractivity contribution is 6.16. The minimum Gasteiger partial charge on any atom is -0.383 e. The van der Waals surface area contributed by atoms with Gasteiger partial charge in [-0.2, -0.15) is 0 Å². The molecule has 1 aliphatic carbocycles. The Kier molecular flexibility index (Phi) is 6.39. The van der Waals surface area contributed by atoms with E-state index < -0.39 is 0 Å². The fraction of sp³-hybridized carbons (Fsp3) is 0.367. The van der Waals surface area contributed by atoms with E-state index in [1.807, 2.05) is 24.7 Å². The number of benzodiazepines with no additional fused rings is 1. The average molecular weight is 536 g/mol. The number of nitrogens with one attached hydrogen (secondary N) is 3. The van der Waals surface area contributed by atoms with Gasteiger partial charge in [-0.3, -0.25) is 19.8 Å². The van der Waals surface area contributed by atoms with Crippen molar-refractivity contribution in [3.63, 3.8) is 0 Å². The molecular weight excluding hydrogens is 502 g/mol. The Morgan fingerprint density at radius 3 is 2.67 bits per heavy atom. The number of hydrogen-bond acceptors (Lipinski definition) is 8. The lowest BCUT2D eigenvalue weighted by Gasteiger charge is -2.33. The zero-order valence-electron chi connectivity index (χ0n) is 22.7. The van der Waals surface area contributed by atoms with E-state index in [0.29, 0.717) is 6.54 Å². The molecule has 4 aromatic rings. The second-order valence-corrected chi connectivity index (χ2v) is 10.9. The van der Waals surface area contributed by atoms with Gasteiger partial charge in [-0.15, -0.1) is 0 Å². The molecule has 1 aromatic carbocycles. The van der Waals surface area contributed by atoms with Gasteiger partial charge in [0.1, 0.15) is 11.2 Å². The van der Waals surface area contributed by atoms with Crippen molar-refractivity contribution < 1.29 is 4.79 Å². The number of anilines is 3. The highest BCUT2D eigenvalue weighted by atomic mass is 16.1. The van der Waals surface area contributed by atoms with E-state index in [1.54, 1.807) is 6.20 Å². The van der Waals surface area contributed by atoms with E-state index in [9.17, 15) is 4.79 Å². The Morgan fingerprint density at radius 2 is 1.85 bits per heavy atom. The molecule has 0 radical (unpaired) electrons. The van der Waals surface area contributed by atoms with Crippen molar-refractivity contribution in [2.75, 3.05) is 61.8 Å². The number of hydrogen-bond donors (Lipinski definition) is 3. The smallest absolute Gasteiger partial charge is 0.227 e. The molecule has 2 aliphatic heterocycles. The topological polar surface area (TPSA) is 114 Å². The first-order chi connectivity index (χ1) is 19.6. The predicted molar refractivity (Wildman–Crippen MR) is 158 cm³/mol. The first-order valence-electron chi connectivity index (χ1n) is 14.1. The lowest BCUT2D eigenvalue weighted by Crippen LogP contribution is -2.44. The number of carbonyl (C=O) groups excluding carboxylic acids is 1. The third-order valence-electron chi connectivity index (χ3n) is 8.23. The van der Waals surface area contributed by atoms with Crippen LogP contribution in [0.4, 0.5) is 17.1 Å². The fourth-order valence-corrected chi connectivity index (χ4v) is 5.61. The van der Waals surface area contributed by atoms with Gasteiger partial charge in [0.05, 0.1) is 42.0 Å². The number of nitrogens with zero attached hydrogens (tertiary/aromatic N) is 6. The summed E-state index contributed by atoms with van der Waals surface area (Å²) in [5.41, 5.74) is 8.35. The summed E-state index contributed by atoms with van der Waals surface area (Å²) in [7, 11) is 2.16. The summed E-state index contributed by atoms with van der Waals surface area (Å²) in [6.07, 6.45) is 10.4. The van der Waals surface area contributed by atoms with Gasteiger partial charge in [-0.05, 0) is 43.7 Å². The largest absolute Gasteiger partial charge is 0.383 e. The molecule has 0 bridgehead atoms. The Labute approximate surface area is 232 Å². The Bertz CT molecular complexity index is 1600. The maximum atomic E-state index is 12.5. The van der Waals surface area contributed by atoms with Crippen molar-refractivity contribution >= 4 is 39.7 Å². The van der Waals surface area contributed by atoms with Crippen molar-refractivity contribution in [1.29, 1.82) is 0 Å². The molecule has 10 nitrogen and oxygen atoms in total. The van der Waals surface area contributed by atoms with Crippen LogP contribution in [0.1, 0.15) is 30.7 Å². The number of amides is 1. The number of rotatable bonds is 5. The number of likely N-dealkylation sites (N-methyl/N-ethyl adjacent to an activating group) is 1. The van der Waals surface area contributed by atoms with Crippen LogP contribution in [-0.2, 0) is 4.79 Å². The molecule has 3 N–H and O–H groups in total. The van der Waals surface area contributed by atoms with Crippen LogP contribution < -0.4 is 15.5 Å². The van der Waals surface area contributed by atoms with Crippen LogP contribution in [0.2, 0.25) is 0 Å². The summed E-state index contributed by atoms with van der Waals surface area (Å²) in [5, 5.41) is 6.56. The van der Waals surface area contributed by atoms with Gasteiger partial charge in [0, 0.05) is 61.7 Å². The van der Waals surface area contributed by atoms with Gasteiger partial charge in [0.2, 0.25) is 5.91 Å². The summed E-state index contributed by atoms with van der Waals surface area (Å²) in [6.45, 7) is 5.32. The number of aromatic nitrogens is 4. The van der Waals surface area contributed by atoms with E-state index in [4.69, 9.17) is 9.98 Å². The Hall–Kier alpha value is -4.31. The summed E-state index contributed by atoms with van der Waals surface area (Å²) < 4.78 is 0. The monoisotopic (exact) mass is 535 g/mol. The minimum absolute atomic E-state index is 0.0843. The third kappa shape index (κ3) is 4.68. The quantitative estimate of drug-likeness (QED) is 0.356. The van der Waals surface area contributed by atoms with Crippen LogP contribution in [0.3, 0.4) is 0 Å².